The van der Waals surface area contributed by atoms with Gasteiger partial charge in [0.1, 0.15) is 0 Å². The second-order valence-electron chi connectivity index (χ2n) is 10.1. The van der Waals surface area contributed by atoms with Crippen molar-refractivity contribution in [3.63, 3.8) is 0 Å². The molecule has 1 saturated heterocycles. The summed E-state index contributed by atoms with van der Waals surface area (Å²) in [6.07, 6.45) is 0. The summed E-state index contributed by atoms with van der Waals surface area (Å²) in [6, 6.07) is 13.4. The summed E-state index contributed by atoms with van der Waals surface area (Å²) < 4.78 is 33.7. The Labute approximate surface area is 231 Å². The Bertz CT molecular complexity index is 1360. The molecule has 0 bridgehead atoms. The average molecular weight is 555 g/mol. The van der Waals surface area contributed by atoms with Gasteiger partial charge in [0.05, 0.1) is 23.1 Å². The highest BCUT2D eigenvalue weighted by atomic mass is 32.2. The number of esters is 1. The van der Waals surface area contributed by atoms with Crippen LogP contribution >= 0.6 is 0 Å². The lowest BCUT2D eigenvalue weighted by Crippen LogP contribution is -2.56. The van der Waals surface area contributed by atoms with E-state index in [0.29, 0.717) is 44.0 Å². The minimum absolute atomic E-state index is 0.211. The van der Waals surface area contributed by atoms with E-state index in [1.807, 2.05) is 52.0 Å². The van der Waals surface area contributed by atoms with E-state index >= 15 is 0 Å². The molecule has 2 aliphatic rings. The van der Waals surface area contributed by atoms with Crippen LogP contribution in [0.15, 0.2) is 64.7 Å². The van der Waals surface area contributed by atoms with Crippen molar-refractivity contribution in [2.45, 2.75) is 51.6 Å². The Kier molecular flexibility index (Phi) is 8.78. The van der Waals surface area contributed by atoms with Gasteiger partial charge in [0.15, 0.2) is 0 Å². The van der Waals surface area contributed by atoms with Crippen molar-refractivity contribution in [3.05, 3.63) is 76.5 Å². The number of urea groups is 1. The van der Waals surface area contributed by atoms with E-state index in [-0.39, 0.29) is 23.6 Å². The van der Waals surface area contributed by atoms with Crippen molar-refractivity contribution in [1.29, 1.82) is 0 Å². The van der Waals surface area contributed by atoms with E-state index in [1.54, 1.807) is 36.1 Å². The summed E-state index contributed by atoms with van der Waals surface area (Å²) in [5, 5.41) is 3.00. The molecule has 1 N–H and O–H groups in total. The van der Waals surface area contributed by atoms with E-state index in [2.05, 4.69) is 10.2 Å². The lowest BCUT2D eigenvalue weighted by atomic mass is 9.93. The van der Waals surface area contributed by atoms with Gasteiger partial charge in [0, 0.05) is 44.5 Å². The van der Waals surface area contributed by atoms with Gasteiger partial charge in [-0.25, -0.2) is 18.0 Å². The molecule has 9 nitrogen and oxygen atoms in total. The number of nitrogens with zero attached hydrogens (tertiary/aromatic N) is 3. The van der Waals surface area contributed by atoms with E-state index in [9.17, 15) is 18.0 Å². The molecule has 0 radical (unpaired) electrons. The molecule has 1 fully saturated rings. The SMILES string of the molecule is CCOC(=O)C1=C(CN2CCN(S(=O)(=O)c3ccc(C)cc3)C(C)C2)N(CC)C(=O)NC1c1cccc(C)c1. The van der Waals surface area contributed by atoms with Crippen LogP contribution in [0, 0.1) is 13.8 Å². The Balaban J connectivity index is 1.65. The molecule has 0 aromatic heterocycles. The zero-order valence-corrected chi connectivity index (χ0v) is 24.1. The molecule has 2 heterocycles. The molecule has 2 amide bonds. The zero-order chi connectivity index (χ0) is 28.3. The van der Waals surface area contributed by atoms with Crippen LogP contribution in [0.2, 0.25) is 0 Å². The van der Waals surface area contributed by atoms with Crippen molar-refractivity contribution in [3.8, 4) is 0 Å². The highest BCUT2D eigenvalue weighted by Gasteiger charge is 2.40. The number of carbonyl (C=O) groups is 2. The topological polar surface area (TPSA) is 99.3 Å². The number of benzene rings is 2. The van der Waals surface area contributed by atoms with Crippen LogP contribution in [0.3, 0.4) is 0 Å². The first kappa shape index (κ1) is 28.8. The van der Waals surface area contributed by atoms with Crippen molar-refractivity contribution in [2.24, 2.45) is 0 Å². The monoisotopic (exact) mass is 554 g/mol. The maximum Gasteiger partial charge on any atom is 0.338 e. The van der Waals surface area contributed by atoms with Gasteiger partial charge in [0.2, 0.25) is 10.0 Å². The highest BCUT2D eigenvalue weighted by Crippen LogP contribution is 2.33. The second kappa shape index (κ2) is 11.9. The van der Waals surface area contributed by atoms with Gasteiger partial charge in [-0.2, -0.15) is 4.31 Å². The summed E-state index contributed by atoms with van der Waals surface area (Å²) >= 11 is 0. The first-order valence-electron chi connectivity index (χ1n) is 13.4. The third kappa shape index (κ3) is 6.03. The molecule has 2 aromatic carbocycles. The fraction of sp³-hybridized carbons (Fsp3) is 0.448. The summed E-state index contributed by atoms with van der Waals surface area (Å²) in [6.45, 7) is 11.5. The van der Waals surface area contributed by atoms with Crippen molar-refractivity contribution in [1.82, 2.24) is 19.4 Å². The van der Waals surface area contributed by atoms with Crippen LogP contribution in [0.5, 0.6) is 0 Å². The van der Waals surface area contributed by atoms with Crippen LogP contribution in [0.4, 0.5) is 4.79 Å². The van der Waals surface area contributed by atoms with Gasteiger partial charge in [-0.3, -0.25) is 9.80 Å². The lowest BCUT2D eigenvalue weighted by Gasteiger charge is -2.42. The molecule has 0 aliphatic carbocycles. The van der Waals surface area contributed by atoms with Crippen molar-refractivity contribution < 1.29 is 22.7 Å². The molecular formula is C29H38N4O5S. The molecule has 0 spiro atoms. The first-order chi connectivity index (χ1) is 18.6. The highest BCUT2D eigenvalue weighted by molar-refractivity contribution is 7.89. The third-order valence-corrected chi connectivity index (χ3v) is 9.30. The molecule has 2 atom stereocenters. The summed E-state index contributed by atoms with van der Waals surface area (Å²) in [5.41, 5.74) is 3.82. The number of ether oxygens (including phenoxy) is 1. The number of piperazine rings is 1. The van der Waals surface area contributed by atoms with Gasteiger partial charge in [0.25, 0.3) is 0 Å². The molecule has 39 heavy (non-hydrogen) atoms. The number of amides is 2. The number of likely N-dealkylation sites (N-methyl/N-ethyl adjacent to an activating group) is 1. The Hall–Kier alpha value is -3.21. The van der Waals surface area contributed by atoms with Crippen LogP contribution in [0.1, 0.15) is 43.5 Å². The lowest BCUT2D eigenvalue weighted by molar-refractivity contribution is -0.139. The van der Waals surface area contributed by atoms with Crippen LogP contribution < -0.4 is 5.32 Å². The maximum absolute atomic E-state index is 13.4. The first-order valence-corrected chi connectivity index (χ1v) is 14.9. The quantitative estimate of drug-likeness (QED) is 0.501. The van der Waals surface area contributed by atoms with Crippen LogP contribution in [0.25, 0.3) is 0 Å². The number of hydrogen-bond acceptors (Lipinski definition) is 6. The molecule has 4 rings (SSSR count). The number of sulfonamides is 1. The fourth-order valence-electron chi connectivity index (χ4n) is 5.33. The average Bonchev–Trinajstić information content (AvgIpc) is 2.89. The van der Waals surface area contributed by atoms with Gasteiger partial charge in [-0.1, -0.05) is 47.5 Å². The van der Waals surface area contributed by atoms with Gasteiger partial charge < -0.3 is 10.1 Å². The predicted molar refractivity (Wildman–Crippen MR) is 149 cm³/mol. The Morgan fingerprint density at radius 1 is 1.05 bits per heavy atom. The van der Waals surface area contributed by atoms with Crippen molar-refractivity contribution >= 4 is 22.0 Å². The minimum atomic E-state index is -3.64. The third-order valence-electron chi connectivity index (χ3n) is 7.28. The second-order valence-corrected chi connectivity index (χ2v) is 12.0. The largest absolute Gasteiger partial charge is 0.463 e. The van der Waals surface area contributed by atoms with Gasteiger partial charge in [-0.05, 0) is 52.3 Å². The predicted octanol–water partition coefficient (Wildman–Crippen LogP) is 3.60. The summed E-state index contributed by atoms with van der Waals surface area (Å²) in [4.78, 5) is 30.5. The normalized spacial score (nSPS) is 21.2. The number of carbonyl (C=O) groups excluding carboxylic acids is 2. The number of nitrogens with one attached hydrogen (secondary N) is 1. The molecule has 10 heteroatoms. The summed E-state index contributed by atoms with van der Waals surface area (Å²) in [7, 11) is -3.64. The Morgan fingerprint density at radius 2 is 1.77 bits per heavy atom. The zero-order valence-electron chi connectivity index (χ0n) is 23.3. The Morgan fingerprint density at radius 3 is 2.38 bits per heavy atom. The molecular weight excluding hydrogens is 516 g/mol. The van der Waals surface area contributed by atoms with E-state index in [0.717, 1.165) is 16.7 Å². The molecule has 2 unspecified atom stereocenters. The van der Waals surface area contributed by atoms with E-state index < -0.39 is 22.0 Å². The smallest absolute Gasteiger partial charge is 0.338 e. The summed E-state index contributed by atoms with van der Waals surface area (Å²) in [5.74, 6) is -0.467. The van der Waals surface area contributed by atoms with Crippen LogP contribution in [-0.2, 0) is 19.6 Å². The van der Waals surface area contributed by atoms with Crippen molar-refractivity contribution in [2.75, 3.05) is 39.3 Å². The molecule has 2 aliphatic heterocycles. The number of aryl methyl sites for hydroxylation is 2. The van der Waals surface area contributed by atoms with Crippen LogP contribution in [-0.4, -0.2) is 79.9 Å². The molecule has 0 saturated carbocycles. The standard InChI is InChI=1S/C29H38N4O5S/c1-6-32-25(26(28(34)38-7-2)27(30-29(32)35)23-10-8-9-21(4)17-23)19-31-15-16-33(22(5)18-31)39(36,37)24-13-11-20(3)12-14-24/h8-14,17,22,27H,6-7,15-16,18-19H2,1-5H3,(H,30,35). The number of rotatable bonds is 8. The van der Waals surface area contributed by atoms with E-state index in [4.69, 9.17) is 4.74 Å². The molecule has 2 aromatic rings. The van der Waals surface area contributed by atoms with Gasteiger partial charge >= 0.3 is 12.0 Å². The minimum Gasteiger partial charge on any atom is -0.463 e. The van der Waals surface area contributed by atoms with E-state index in [1.165, 1.54) is 4.31 Å². The van der Waals surface area contributed by atoms with Gasteiger partial charge in [-0.15, -0.1) is 0 Å². The maximum atomic E-state index is 13.4. The number of hydrogen-bond donors (Lipinski definition) is 1. The fourth-order valence-corrected chi connectivity index (χ4v) is 6.95. The molecule has 210 valence electrons.